The summed E-state index contributed by atoms with van der Waals surface area (Å²) in [5, 5.41) is 67.0. The molecule has 1 unspecified atom stereocenters. The smallest absolute Gasteiger partial charge is 0.187 e. The number of nitrogens with one attached hydrogen (secondary N) is 1. The van der Waals surface area contributed by atoms with Crippen molar-refractivity contribution in [1.29, 1.82) is 0 Å². The third-order valence-corrected chi connectivity index (χ3v) is 9.60. The van der Waals surface area contributed by atoms with E-state index in [1.54, 1.807) is 12.2 Å². The van der Waals surface area contributed by atoms with Crippen molar-refractivity contribution in [2.45, 2.75) is 123 Å². The quantitative estimate of drug-likeness (QED) is 0.0489. The van der Waals surface area contributed by atoms with Crippen LogP contribution in [0.4, 0.5) is 0 Å². The second-order valence-corrected chi connectivity index (χ2v) is 13.3. The molecule has 4 aliphatic rings. The molecule has 0 spiro atoms. The van der Waals surface area contributed by atoms with Gasteiger partial charge in [-0.15, -0.1) is 0 Å². The molecule has 290 valence electrons. The van der Waals surface area contributed by atoms with Gasteiger partial charge >= 0.3 is 0 Å². The molecule has 50 heavy (non-hydrogen) atoms. The minimum absolute atomic E-state index is 0.0725. The molecule has 0 amide bonds. The van der Waals surface area contributed by atoms with Crippen LogP contribution in [-0.4, -0.2) is 180 Å². The first-order valence-electron chi connectivity index (χ1n) is 17.1. The zero-order valence-electron chi connectivity index (χ0n) is 27.9. The molecule has 20 nitrogen and oxygen atoms in total. The van der Waals surface area contributed by atoms with Crippen LogP contribution in [0, 0.1) is 5.92 Å². The minimum Gasteiger partial charge on any atom is -0.394 e. The van der Waals surface area contributed by atoms with Gasteiger partial charge in [-0.05, 0) is 31.8 Å². The summed E-state index contributed by atoms with van der Waals surface area (Å²) >= 11 is 0. The maximum Gasteiger partial charge on any atom is 0.187 e. The number of aliphatic hydroxyl groups excluding tert-OH is 6. The van der Waals surface area contributed by atoms with Crippen molar-refractivity contribution in [2.75, 3.05) is 39.3 Å². The predicted octanol–water partition coefficient (Wildman–Crippen LogP) is -7.51. The zero-order valence-corrected chi connectivity index (χ0v) is 27.9. The number of hydrogen-bond donors (Lipinski definition) is 13. The highest BCUT2D eigenvalue weighted by atomic mass is 16.8. The van der Waals surface area contributed by atoms with Crippen molar-refractivity contribution in [3.05, 3.63) is 12.2 Å². The second-order valence-electron chi connectivity index (χ2n) is 13.3. The summed E-state index contributed by atoms with van der Waals surface area (Å²) in [6.45, 7) is 0.503. The molecule has 1 saturated carbocycles. The van der Waals surface area contributed by atoms with E-state index in [0.717, 1.165) is 6.42 Å². The first-order valence-corrected chi connectivity index (χ1v) is 17.1. The molecular formula is C30H57N7O13. The van der Waals surface area contributed by atoms with Gasteiger partial charge in [0.05, 0.1) is 30.9 Å². The van der Waals surface area contributed by atoms with Crippen LogP contribution in [0.3, 0.4) is 0 Å². The van der Waals surface area contributed by atoms with Gasteiger partial charge in [0.2, 0.25) is 0 Å². The van der Waals surface area contributed by atoms with E-state index in [-0.39, 0.29) is 25.9 Å². The monoisotopic (exact) mass is 723 g/mol. The van der Waals surface area contributed by atoms with Crippen LogP contribution in [0.1, 0.15) is 19.3 Å². The Labute approximate surface area is 290 Å². The van der Waals surface area contributed by atoms with Gasteiger partial charge in [-0.1, -0.05) is 12.2 Å². The van der Waals surface area contributed by atoms with E-state index in [2.05, 4.69) is 5.32 Å². The molecule has 0 bridgehead atoms. The first-order chi connectivity index (χ1) is 23.8. The maximum absolute atomic E-state index is 12.6. The average Bonchev–Trinajstić information content (AvgIpc) is 3.40. The van der Waals surface area contributed by atoms with Gasteiger partial charge in [0.25, 0.3) is 0 Å². The van der Waals surface area contributed by atoms with E-state index in [1.807, 2.05) is 0 Å². The number of carbonyl (C=O) groups excluding carboxylic acids is 1. The molecule has 4 rings (SSSR count). The molecule has 1 aliphatic carbocycles. The van der Waals surface area contributed by atoms with E-state index >= 15 is 0 Å². The van der Waals surface area contributed by atoms with Crippen LogP contribution in [0.25, 0.3) is 0 Å². The Bertz CT molecular complexity index is 1080. The van der Waals surface area contributed by atoms with Crippen molar-refractivity contribution < 1.29 is 63.9 Å². The van der Waals surface area contributed by atoms with Crippen LogP contribution in [0.15, 0.2) is 12.2 Å². The number of hydrogen-bond acceptors (Lipinski definition) is 20. The summed E-state index contributed by atoms with van der Waals surface area (Å²) in [5.74, 6) is -1.43. The molecule has 18 atom stereocenters. The lowest BCUT2D eigenvalue weighted by Crippen LogP contribution is -2.64. The molecule has 19 N–H and O–H groups in total. The Balaban J connectivity index is 1.53. The third-order valence-electron chi connectivity index (χ3n) is 9.60. The maximum atomic E-state index is 12.6. The molecule has 20 heteroatoms. The second kappa shape index (κ2) is 19.1. The largest absolute Gasteiger partial charge is 0.394 e. The molecule has 0 aromatic carbocycles. The van der Waals surface area contributed by atoms with Gasteiger partial charge in [0.1, 0.15) is 54.9 Å². The van der Waals surface area contributed by atoms with Crippen molar-refractivity contribution in [1.82, 2.24) is 5.32 Å². The van der Waals surface area contributed by atoms with E-state index in [9.17, 15) is 35.4 Å². The van der Waals surface area contributed by atoms with Gasteiger partial charge in [-0.25, -0.2) is 0 Å². The number of ketones is 1. The molecule has 3 aliphatic heterocycles. The van der Waals surface area contributed by atoms with E-state index in [4.69, 9.17) is 62.8 Å². The number of rotatable bonds is 17. The third kappa shape index (κ3) is 9.79. The van der Waals surface area contributed by atoms with Gasteiger partial charge in [0, 0.05) is 32.1 Å². The molecular weight excluding hydrogens is 666 g/mol. The Hall–Kier alpha value is -1.35. The highest BCUT2D eigenvalue weighted by Gasteiger charge is 2.54. The summed E-state index contributed by atoms with van der Waals surface area (Å²) < 4.78 is 35.9. The summed E-state index contributed by atoms with van der Waals surface area (Å²) in [6, 6.07) is -2.85. The lowest BCUT2D eigenvalue weighted by molar-refractivity contribution is -0.286. The Morgan fingerprint density at radius 2 is 1.52 bits per heavy atom. The Morgan fingerprint density at radius 3 is 2.18 bits per heavy atom. The summed E-state index contributed by atoms with van der Waals surface area (Å²) in [4.78, 5) is 12.6. The van der Waals surface area contributed by atoms with Crippen LogP contribution in [0.5, 0.6) is 0 Å². The van der Waals surface area contributed by atoms with Crippen LogP contribution < -0.4 is 39.7 Å². The van der Waals surface area contributed by atoms with E-state index in [0.29, 0.717) is 19.6 Å². The SMILES string of the molecule is NCCCNC[C@@H]1C=C[C@@H](N)[C@@H](O[C@H]2[C@H](O[C@@H]3O[C@H](CO)[C@@H](O[C@H]4O[C@@H](CN)[C@@H](O)[C@H](O)[C@H]4N)[C@H]3O)[C@@H](O)[C@H](CC(=O)C(O)CN)C[C@@H]2N)O1. The van der Waals surface area contributed by atoms with Gasteiger partial charge < -0.3 is 98.8 Å². The van der Waals surface area contributed by atoms with E-state index in [1.165, 1.54) is 0 Å². The number of ether oxygens (including phenoxy) is 6. The molecule has 0 radical (unpaired) electrons. The topological polar surface area (TPSA) is 362 Å². The van der Waals surface area contributed by atoms with Crippen molar-refractivity contribution in [2.24, 2.45) is 40.3 Å². The Kier molecular flexibility index (Phi) is 15.8. The fourth-order valence-electron chi connectivity index (χ4n) is 6.62. The first kappa shape index (κ1) is 41.4. The van der Waals surface area contributed by atoms with Crippen molar-refractivity contribution >= 4 is 5.78 Å². The predicted molar refractivity (Wildman–Crippen MR) is 173 cm³/mol. The van der Waals surface area contributed by atoms with Gasteiger partial charge in [-0.3, -0.25) is 4.79 Å². The highest BCUT2D eigenvalue weighted by Crippen LogP contribution is 2.37. The Morgan fingerprint density at radius 1 is 0.840 bits per heavy atom. The van der Waals surface area contributed by atoms with Crippen LogP contribution in [0.2, 0.25) is 0 Å². The van der Waals surface area contributed by atoms with Gasteiger partial charge in [-0.2, -0.15) is 0 Å². The standard InChI is InChI=1S/C30H57N7O13/c31-4-1-5-37-10-13-2-3-14(34)28(45-13)48-25-15(35)6-12(7-16(39)17(40)8-32)21(41)27(25)50-30-24(44)26(19(11-38)47-30)49-29-20(36)23(43)22(42)18(9-33)46-29/h2-3,12-15,17-30,37-38,40-44H,1,4-11,31-36H2/t12-,13-,14+,15-,17?,18-,19+,20+,21-,22+,23+,24+,25+,26+,27+,28+,29+,30-/m0/s1. The fraction of sp³-hybridized carbons (Fsp3) is 0.900. The van der Waals surface area contributed by atoms with Gasteiger partial charge in [0.15, 0.2) is 24.7 Å². The molecule has 0 aromatic rings. The molecule has 0 aromatic heterocycles. The fourth-order valence-corrected chi connectivity index (χ4v) is 6.62. The van der Waals surface area contributed by atoms with Crippen molar-refractivity contribution in [3.63, 3.8) is 0 Å². The lowest BCUT2D eigenvalue weighted by atomic mass is 9.76. The summed E-state index contributed by atoms with van der Waals surface area (Å²) in [6.07, 6.45) is -13.7. The lowest BCUT2D eigenvalue weighted by Gasteiger charge is -2.46. The number of aliphatic hydroxyl groups is 6. The number of carbonyl (C=O) groups is 1. The van der Waals surface area contributed by atoms with E-state index < -0.39 is 122 Å². The summed E-state index contributed by atoms with van der Waals surface area (Å²) in [7, 11) is 0. The normalized spacial score (nSPS) is 44.4. The highest BCUT2D eigenvalue weighted by molar-refractivity contribution is 5.83. The molecule has 2 saturated heterocycles. The number of Topliss-reactive ketones (excluding diaryl/α,β-unsaturated/α-hetero) is 1. The summed E-state index contributed by atoms with van der Waals surface area (Å²) in [5.41, 5.74) is 35.6. The van der Waals surface area contributed by atoms with Crippen LogP contribution in [-0.2, 0) is 33.2 Å². The average molecular weight is 724 g/mol. The van der Waals surface area contributed by atoms with Crippen LogP contribution >= 0.6 is 0 Å². The number of nitrogens with two attached hydrogens (primary N) is 6. The molecule has 3 fully saturated rings. The minimum atomic E-state index is -1.63. The zero-order chi connectivity index (χ0) is 36.7. The van der Waals surface area contributed by atoms with Crippen molar-refractivity contribution in [3.8, 4) is 0 Å². The molecule has 3 heterocycles.